The van der Waals surface area contributed by atoms with Gasteiger partial charge in [0.1, 0.15) is 0 Å². The SMILES string of the molecule is O=c1cc(C2CC2)[nH]n1CC1CCNC1. The van der Waals surface area contributed by atoms with E-state index in [4.69, 9.17) is 0 Å². The second-order valence-corrected chi connectivity index (χ2v) is 4.79. The minimum atomic E-state index is 0.142. The Labute approximate surface area is 88.7 Å². The molecular weight excluding hydrogens is 190 g/mol. The van der Waals surface area contributed by atoms with Crippen LogP contribution in [-0.4, -0.2) is 22.9 Å². The van der Waals surface area contributed by atoms with E-state index in [0.29, 0.717) is 11.8 Å². The van der Waals surface area contributed by atoms with Gasteiger partial charge in [-0.3, -0.25) is 14.6 Å². The monoisotopic (exact) mass is 207 g/mol. The quantitative estimate of drug-likeness (QED) is 0.765. The molecule has 2 aliphatic rings. The summed E-state index contributed by atoms with van der Waals surface area (Å²) in [5, 5.41) is 6.57. The van der Waals surface area contributed by atoms with Gasteiger partial charge in [-0.1, -0.05) is 0 Å². The molecular formula is C11H17N3O. The number of nitrogens with one attached hydrogen (secondary N) is 2. The van der Waals surface area contributed by atoms with E-state index in [-0.39, 0.29) is 5.56 Å². The maximum atomic E-state index is 11.7. The summed E-state index contributed by atoms with van der Waals surface area (Å²) < 4.78 is 1.78. The van der Waals surface area contributed by atoms with Crippen LogP contribution in [0.4, 0.5) is 0 Å². The van der Waals surface area contributed by atoms with E-state index < -0.39 is 0 Å². The third-order valence-corrected chi connectivity index (χ3v) is 3.43. The van der Waals surface area contributed by atoms with Gasteiger partial charge in [-0.15, -0.1) is 0 Å². The number of hydrogen-bond donors (Lipinski definition) is 2. The molecule has 1 saturated carbocycles. The Hall–Kier alpha value is -1.03. The maximum Gasteiger partial charge on any atom is 0.266 e. The number of aromatic nitrogens is 2. The fourth-order valence-corrected chi connectivity index (χ4v) is 2.32. The summed E-state index contributed by atoms with van der Waals surface area (Å²) in [7, 11) is 0. The molecule has 1 unspecified atom stereocenters. The second-order valence-electron chi connectivity index (χ2n) is 4.79. The van der Waals surface area contributed by atoms with Crippen LogP contribution in [0.3, 0.4) is 0 Å². The van der Waals surface area contributed by atoms with Crippen molar-refractivity contribution in [3.63, 3.8) is 0 Å². The fraction of sp³-hybridized carbons (Fsp3) is 0.727. The molecule has 0 bridgehead atoms. The molecule has 1 aliphatic carbocycles. The van der Waals surface area contributed by atoms with Crippen molar-refractivity contribution in [1.82, 2.24) is 15.1 Å². The Morgan fingerprint density at radius 1 is 1.40 bits per heavy atom. The van der Waals surface area contributed by atoms with E-state index in [0.717, 1.165) is 25.3 Å². The number of hydrogen-bond acceptors (Lipinski definition) is 2. The van der Waals surface area contributed by atoms with Gasteiger partial charge in [0.25, 0.3) is 5.56 Å². The van der Waals surface area contributed by atoms with Crippen LogP contribution in [0.1, 0.15) is 30.9 Å². The minimum Gasteiger partial charge on any atom is -0.316 e. The summed E-state index contributed by atoms with van der Waals surface area (Å²) in [4.78, 5) is 11.7. The molecule has 2 heterocycles. The molecule has 0 spiro atoms. The summed E-state index contributed by atoms with van der Waals surface area (Å²) in [6.07, 6.45) is 3.67. The molecule has 1 saturated heterocycles. The molecule has 1 atom stereocenters. The largest absolute Gasteiger partial charge is 0.316 e. The Balaban J connectivity index is 1.75. The van der Waals surface area contributed by atoms with Crippen molar-refractivity contribution in [1.29, 1.82) is 0 Å². The van der Waals surface area contributed by atoms with Crippen molar-refractivity contribution in [2.24, 2.45) is 5.92 Å². The highest BCUT2D eigenvalue weighted by atomic mass is 16.1. The fourth-order valence-electron chi connectivity index (χ4n) is 2.32. The van der Waals surface area contributed by atoms with Crippen molar-refractivity contribution in [3.05, 3.63) is 22.1 Å². The van der Waals surface area contributed by atoms with Gasteiger partial charge in [-0.05, 0) is 38.3 Å². The normalized spacial score (nSPS) is 26.0. The van der Waals surface area contributed by atoms with Crippen molar-refractivity contribution < 1.29 is 0 Å². The van der Waals surface area contributed by atoms with E-state index in [1.54, 1.807) is 10.7 Å². The lowest BCUT2D eigenvalue weighted by Crippen LogP contribution is -2.22. The average molecular weight is 207 g/mol. The molecule has 2 N–H and O–H groups in total. The van der Waals surface area contributed by atoms with Crippen molar-refractivity contribution >= 4 is 0 Å². The lowest BCUT2D eigenvalue weighted by molar-refractivity contribution is 0.439. The van der Waals surface area contributed by atoms with Crippen molar-refractivity contribution in [2.75, 3.05) is 13.1 Å². The van der Waals surface area contributed by atoms with Crippen LogP contribution < -0.4 is 10.9 Å². The van der Waals surface area contributed by atoms with Gasteiger partial charge in [-0.25, -0.2) is 0 Å². The minimum absolute atomic E-state index is 0.142. The lowest BCUT2D eigenvalue weighted by atomic mass is 10.1. The maximum absolute atomic E-state index is 11.7. The Morgan fingerprint density at radius 2 is 2.27 bits per heavy atom. The predicted molar refractivity (Wildman–Crippen MR) is 58.0 cm³/mol. The molecule has 3 rings (SSSR count). The highest BCUT2D eigenvalue weighted by molar-refractivity contribution is 5.12. The van der Waals surface area contributed by atoms with E-state index in [9.17, 15) is 4.79 Å². The summed E-state index contributed by atoms with van der Waals surface area (Å²) in [5.41, 5.74) is 1.29. The van der Waals surface area contributed by atoms with Crippen LogP contribution in [0.5, 0.6) is 0 Å². The van der Waals surface area contributed by atoms with Crippen molar-refractivity contribution in [2.45, 2.75) is 31.7 Å². The van der Waals surface area contributed by atoms with Gasteiger partial charge in [-0.2, -0.15) is 0 Å². The van der Waals surface area contributed by atoms with Crippen LogP contribution in [-0.2, 0) is 6.54 Å². The molecule has 1 aliphatic heterocycles. The number of aromatic amines is 1. The first-order chi connectivity index (χ1) is 7.33. The summed E-state index contributed by atoms with van der Waals surface area (Å²) in [5.74, 6) is 1.26. The average Bonchev–Trinajstić information content (AvgIpc) is 2.84. The van der Waals surface area contributed by atoms with Crippen LogP contribution in [0, 0.1) is 5.92 Å². The molecule has 82 valence electrons. The third-order valence-electron chi connectivity index (χ3n) is 3.43. The van der Waals surface area contributed by atoms with Gasteiger partial charge in [0.2, 0.25) is 0 Å². The molecule has 4 nitrogen and oxygen atoms in total. The first-order valence-electron chi connectivity index (χ1n) is 5.83. The highest BCUT2D eigenvalue weighted by Crippen LogP contribution is 2.38. The predicted octanol–water partition coefficient (Wildman–Crippen LogP) is 0.663. The standard InChI is InChI=1S/C11H17N3O/c15-11-5-10(9-1-2-9)13-14(11)7-8-3-4-12-6-8/h5,8-9,12-13H,1-4,6-7H2. The first kappa shape index (κ1) is 9.21. The summed E-state index contributed by atoms with van der Waals surface area (Å²) >= 11 is 0. The van der Waals surface area contributed by atoms with Gasteiger partial charge < -0.3 is 5.32 Å². The van der Waals surface area contributed by atoms with Crippen LogP contribution >= 0.6 is 0 Å². The van der Waals surface area contributed by atoms with Crippen molar-refractivity contribution in [3.8, 4) is 0 Å². The number of nitrogens with zero attached hydrogens (tertiary/aromatic N) is 1. The number of rotatable bonds is 3. The van der Waals surface area contributed by atoms with Gasteiger partial charge in [0.05, 0.1) is 0 Å². The van der Waals surface area contributed by atoms with E-state index in [1.165, 1.54) is 19.3 Å². The zero-order chi connectivity index (χ0) is 10.3. The van der Waals surface area contributed by atoms with Crippen LogP contribution in [0.2, 0.25) is 0 Å². The summed E-state index contributed by atoms with van der Waals surface area (Å²) in [6.45, 7) is 2.98. The first-order valence-corrected chi connectivity index (χ1v) is 5.83. The molecule has 2 fully saturated rings. The van der Waals surface area contributed by atoms with Crippen LogP contribution in [0.25, 0.3) is 0 Å². The second kappa shape index (κ2) is 3.52. The lowest BCUT2D eigenvalue weighted by Gasteiger charge is -2.08. The molecule has 0 radical (unpaired) electrons. The van der Waals surface area contributed by atoms with E-state index >= 15 is 0 Å². The van der Waals surface area contributed by atoms with Crippen LogP contribution in [0.15, 0.2) is 10.9 Å². The Kier molecular flexibility index (Phi) is 2.16. The zero-order valence-electron chi connectivity index (χ0n) is 8.83. The van der Waals surface area contributed by atoms with Gasteiger partial charge >= 0.3 is 0 Å². The third kappa shape index (κ3) is 1.86. The molecule has 0 amide bonds. The zero-order valence-corrected chi connectivity index (χ0v) is 8.83. The number of H-pyrrole nitrogens is 1. The Bertz CT molecular complexity index is 396. The molecule has 4 heteroatoms. The molecule has 1 aromatic rings. The van der Waals surface area contributed by atoms with E-state index in [2.05, 4.69) is 10.4 Å². The van der Waals surface area contributed by atoms with Gasteiger partial charge in [0, 0.05) is 24.2 Å². The van der Waals surface area contributed by atoms with Gasteiger partial charge in [0.15, 0.2) is 0 Å². The molecule has 0 aromatic carbocycles. The van der Waals surface area contributed by atoms with E-state index in [1.807, 2.05) is 0 Å². The smallest absolute Gasteiger partial charge is 0.266 e. The highest BCUT2D eigenvalue weighted by Gasteiger charge is 2.26. The summed E-state index contributed by atoms with van der Waals surface area (Å²) in [6, 6.07) is 1.78. The molecule has 15 heavy (non-hydrogen) atoms. The molecule has 1 aromatic heterocycles. The topological polar surface area (TPSA) is 49.8 Å². The Morgan fingerprint density at radius 3 is 2.93 bits per heavy atom.